The van der Waals surface area contributed by atoms with Gasteiger partial charge >= 0.3 is 11.8 Å². The molecule has 1 heterocycles. The molecule has 1 aromatic heterocycles. The van der Waals surface area contributed by atoms with Gasteiger partial charge in [-0.3, -0.25) is 4.79 Å². The lowest BCUT2D eigenvalue weighted by Gasteiger charge is -2.10. The minimum Gasteiger partial charge on any atom is -0.497 e. The summed E-state index contributed by atoms with van der Waals surface area (Å²) in [6.07, 6.45) is 0. The maximum Gasteiger partial charge on any atom is 0.313 e. The number of aromatic nitrogens is 2. The number of hydrogen-bond donors (Lipinski definition) is 1. The molecule has 1 N–H and O–H groups in total. The third-order valence-corrected chi connectivity index (χ3v) is 3.30. The minimum atomic E-state index is -0.520. The molecule has 0 aliphatic rings. The highest BCUT2D eigenvalue weighted by molar-refractivity contribution is 6.01. The zero-order chi connectivity index (χ0) is 16.9. The van der Waals surface area contributed by atoms with Crippen molar-refractivity contribution in [1.82, 2.24) is 10.2 Å². The van der Waals surface area contributed by atoms with Crippen molar-refractivity contribution in [3.63, 3.8) is 0 Å². The molecule has 24 heavy (non-hydrogen) atoms. The van der Waals surface area contributed by atoms with Gasteiger partial charge in [-0.2, -0.15) is 0 Å². The van der Waals surface area contributed by atoms with Crippen LogP contribution in [0.3, 0.4) is 0 Å². The number of nitrogens with one attached hydrogen (secondary N) is 1. The van der Waals surface area contributed by atoms with E-state index in [9.17, 15) is 4.79 Å². The van der Waals surface area contributed by atoms with Gasteiger partial charge in [0.2, 0.25) is 5.89 Å². The molecule has 0 bridgehead atoms. The first-order chi connectivity index (χ1) is 11.7. The van der Waals surface area contributed by atoms with Gasteiger partial charge in [0.15, 0.2) is 0 Å². The molecular formula is C17H15N3O4. The molecule has 3 rings (SSSR count). The Hall–Kier alpha value is -3.35. The van der Waals surface area contributed by atoms with Crippen LogP contribution in [0, 0.1) is 0 Å². The standard InChI is InChI=1S/C17H15N3O4/c1-22-12-8-9-13(14(10-12)23-2)18-15(21)17-20-19-16(24-17)11-6-4-3-5-7-11/h3-10H,1-2H3,(H,18,21). The highest BCUT2D eigenvalue weighted by Crippen LogP contribution is 2.29. The second-order valence-electron chi connectivity index (χ2n) is 4.80. The van der Waals surface area contributed by atoms with Crippen LogP contribution in [0.2, 0.25) is 0 Å². The number of carbonyl (C=O) groups is 1. The first-order valence-corrected chi connectivity index (χ1v) is 7.13. The molecular weight excluding hydrogens is 310 g/mol. The molecule has 0 saturated heterocycles. The van der Waals surface area contributed by atoms with E-state index >= 15 is 0 Å². The van der Waals surface area contributed by atoms with Crippen molar-refractivity contribution >= 4 is 11.6 Å². The lowest BCUT2D eigenvalue weighted by atomic mass is 10.2. The molecule has 1 amide bonds. The van der Waals surface area contributed by atoms with Gasteiger partial charge in [-0.15, -0.1) is 10.2 Å². The van der Waals surface area contributed by atoms with Crippen molar-refractivity contribution in [3.8, 4) is 23.0 Å². The highest BCUT2D eigenvalue weighted by atomic mass is 16.5. The largest absolute Gasteiger partial charge is 0.497 e. The number of ether oxygens (including phenoxy) is 2. The van der Waals surface area contributed by atoms with Crippen LogP contribution in [-0.4, -0.2) is 30.3 Å². The molecule has 0 fully saturated rings. The van der Waals surface area contributed by atoms with Crippen molar-refractivity contribution in [2.75, 3.05) is 19.5 Å². The molecule has 7 heteroatoms. The van der Waals surface area contributed by atoms with Crippen molar-refractivity contribution in [1.29, 1.82) is 0 Å². The predicted molar refractivity (Wildman–Crippen MR) is 87.2 cm³/mol. The van der Waals surface area contributed by atoms with Crippen molar-refractivity contribution in [2.45, 2.75) is 0 Å². The lowest BCUT2D eigenvalue weighted by molar-refractivity contribution is 0.0990. The Morgan fingerprint density at radius 2 is 1.83 bits per heavy atom. The Labute approximate surface area is 138 Å². The predicted octanol–water partition coefficient (Wildman–Crippen LogP) is 3.01. The van der Waals surface area contributed by atoms with E-state index in [1.54, 1.807) is 25.3 Å². The Bertz CT molecular complexity index is 846. The number of benzene rings is 2. The Kier molecular flexibility index (Phi) is 4.42. The van der Waals surface area contributed by atoms with Crippen LogP contribution in [0.1, 0.15) is 10.7 Å². The first kappa shape index (κ1) is 15.5. The lowest BCUT2D eigenvalue weighted by Crippen LogP contribution is -2.13. The van der Waals surface area contributed by atoms with Crippen molar-refractivity contribution < 1.29 is 18.7 Å². The number of amides is 1. The number of nitrogens with zero attached hydrogens (tertiary/aromatic N) is 2. The summed E-state index contributed by atoms with van der Waals surface area (Å²) in [5.41, 5.74) is 1.22. The third-order valence-electron chi connectivity index (χ3n) is 3.30. The Morgan fingerprint density at radius 1 is 1.04 bits per heavy atom. The Balaban J connectivity index is 1.80. The zero-order valence-corrected chi connectivity index (χ0v) is 13.1. The van der Waals surface area contributed by atoms with E-state index in [0.717, 1.165) is 5.56 Å². The average Bonchev–Trinajstić information content (AvgIpc) is 3.13. The molecule has 2 aromatic carbocycles. The van der Waals surface area contributed by atoms with Gasteiger partial charge in [0, 0.05) is 11.6 Å². The normalized spacial score (nSPS) is 10.2. The minimum absolute atomic E-state index is 0.133. The summed E-state index contributed by atoms with van der Waals surface area (Å²) in [6, 6.07) is 14.3. The number of anilines is 1. The average molecular weight is 325 g/mol. The molecule has 0 atom stereocenters. The summed E-state index contributed by atoms with van der Waals surface area (Å²) in [4.78, 5) is 12.3. The zero-order valence-electron chi connectivity index (χ0n) is 13.1. The summed E-state index contributed by atoms with van der Waals surface area (Å²) >= 11 is 0. The van der Waals surface area contributed by atoms with E-state index in [4.69, 9.17) is 13.9 Å². The van der Waals surface area contributed by atoms with Gasteiger partial charge in [-0.1, -0.05) is 18.2 Å². The summed E-state index contributed by atoms with van der Waals surface area (Å²) in [7, 11) is 3.06. The maximum atomic E-state index is 12.3. The summed E-state index contributed by atoms with van der Waals surface area (Å²) in [5, 5.41) is 10.4. The molecule has 0 radical (unpaired) electrons. The fourth-order valence-corrected chi connectivity index (χ4v) is 2.09. The second-order valence-corrected chi connectivity index (χ2v) is 4.80. The van der Waals surface area contributed by atoms with E-state index in [1.807, 2.05) is 30.3 Å². The molecule has 0 unspecified atom stereocenters. The van der Waals surface area contributed by atoms with E-state index in [1.165, 1.54) is 7.11 Å². The number of methoxy groups -OCH3 is 2. The third kappa shape index (κ3) is 3.19. The van der Waals surface area contributed by atoms with Crippen LogP contribution < -0.4 is 14.8 Å². The van der Waals surface area contributed by atoms with Gasteiger partial charge in [0.1, 0.15) is 11.5 Å². The summed E-state index contributed by atoms with van der Waals surface area (Å²) in [6.45, 7) is 0. The second kappa shape index (κ2) is 6.82. The number of rotatable bonds is 5. The van der Waals surface area contributed by atoms with Crippen LogP contribution >= 0.6 is 0 Å². The Morgan fingerprint density at radius 3 is 2.54 bits per heavy atom. The maximum absolute atomic E-state index is 12.3. The van der Waals surface area contributed by atoms with Crippen molar-refractivity contribution in [3.05, 3.63) is 54.4 Å². The van der Waals surface area contributed by atoms with Gasteiger partial charge < -0.3 is 19.2 Å². The van der Waals surface area contributed by atoms with Crippen LogP contribution in [0.5, 0.6) is 11.5 Å². The smallest absolute Gasteiger partial charge is 0.313 e. The van der Waals surface area contributed by atoms with E-state index in [2.05, 4.69) is 15.5 Å². The van der Waals surface area contributed by atoms with Crippen LogP contribution in [-0.2, 0) is 0 Å². The molecule has 3 aromatic rings. The topological polar surface area (TPSA) is 86.5 Å². The molecule has 7 nitrogen and oxygen atoms in total. The fraction of sp³-hybridized carbons (Fsp3) is 0.118. The SMILES string of the molecule is COc1ccc(NC(=O)c2nnc(-c3ccccc3)o2)c(OC)c1. The summed E-state index contributed by atoms with van der Waals surface area (Å²) in [5.74, 6) is 0.710. The van der Waals surface area contributed by atoms with E-state index in [0.29, 0.717) is 17.2 Å². The quantitative estimate of drug-likeness (QED) is 0.776. The monoisotopic (exact) mass is 325 g/mol. The molecule has 0 aliphatic carbocycles. The van der Waals surface area contributed by atoms with Crippen LogP contribution in [0.15, 0.2) is 52.9 Å². The van der Waals surface area contributed by atoms with Gasteiger partial charge in [-0.05, 0) is 24.3 Å². The molecule has 0 saturated carbocycles. The number of hydrogen-bond acceptors (Lipinski definition) is 6. The summed E-state index contributed by atoms with van der Waals surface area (Å²) < 4.78 is 15.8. The van der Waals surface area contributed by atoms with Crippen LogP contribution in [0.25, 0.3) is 11.5 Å². The van der Waals surface area contributed by atoms with Crippen LogP contribution in [0.4, 0.5) is 5.69 Å². The van der Waals surface area contributed by atoms with E-state index in [-0.39, 0.29) is 11.8 Å². The molecule has 0 aliphatic heterocycles. The highest BCUT2D eigenvalue weighted by Gasteiger charge is 2.17. The fourth-order valence-electron chi connectivity index (χ4n) is 2.09. The van der Waals surface area contributed by atoms with Crippen molar-refractivity contribution in [2.24, 2.45) is 0 Å². The first-order valence-electron chi connectivity index (χ1n) is 7.13. The van der Waals surface area contributed by atoms with Gasteiger partial charge in [0.25, 0.3) is 0 Å². The van der Waals surface area contributed by atoms with Gasteiger partial charge in [-0.25, -0.2) is 0 Å². The molecule has 0 spiro atoms. The van der Waals surface area contributed by atoms with Gasteiger partial charge in [0.05, 0.1) is 19.9 Å². The van der Waals surface area contributed by atoms with E-state index < -0.39 is 5.91 Å². The molecule has 122 valence electrons. The number of carbonyl (C=O) groups excluding carboxylic acids is 1.